The number of nitrogens with zero attached hydrogens (tertiary/aromatic N) is 2. The molecule has 1 saturated carbocycles. The van der Waals surface area contributed by atoms with E-state index in [-0.39, 0.29) is 11.4 Å². The first-order chi connectivity index (χ1) is 7.51. The Kier molecular flexibility index (Phi) is 1.87. The number of halogens is 2. The lowest BCUT2D eigenvalue weighted by Gasteiger charge is -2.13. The van der Waals surface area contributed by atoms with E-state index < -0.39 is 0 Å². The molecule has 84 valence electrons. The van der Waals surface area contributed by atoms with Gasteiger partial charge in [-0.2, -0.15) is 0 Å². The van der Waals surface area contributed by atoms with Gasteiger partial charge in [0.25, 0.3) is 0 Å². The van der Waals surface area contributed by atoms with Crippen molar-refractivity contribution in [3.05, 3.63) is 22.4 Å². The van der Waals surface area contributed by atoms with E-state index in [1.165, 1.54) is 6.07 Å². The van der Waals surface area contributed by atoms with Crippen LogP contribution in [0.15, 0.2) is 16.6 Å². The first kappa shape index (κ1) is 10.1. The van der Waals surface area contributed by atoms with E-state index in [9.17, 15) is 4.39 Å². The van der Waals surface area contributed by atoms with E-state index >= 15 is 0 Å². The molecule has 1 aromatic heterocycles. The van der Waals surface area contributed by atoms with Crippen LogP contribution in [-0.4, -0.2) is 9.55 Å². The highest BCUT2D eigenvalue weighted by Crippen LogP contribution is 2.46. The number of nitrogen functional groups attached to an aromatic ring is 1. The Morgan fingerprint density at radius 1 is 1.50 bits per heavy atom. The molecule has 2 aromatic rings. The van der Waals surface area contributed by atoms with Crippen molar-refractivity contribution in [2.24, 2.45) is 0 Å². The van der Waals surface area contributed by atoms with Gasteiger partial charge in [0.2, 0.25) is 5.95 Å². The molecule has 1 aliphatic carbocycles. The molecule has 2 N–H and O–H groups in total. The summed E-state index contributed by atoms with van der Waals surface area (Å²) in [4.78, 5) is 4.27. The fourth-order valence-electron chi connectivity index (χ4n) is 2.06. The van der Waals surface area contributed by atoms with Crippen LogP contribution in [0.3, 0.4) is 0 Å². The molecule has 0 amide bonds. The van der Waals surface area contributed by atoms with Crippen molar-refractivity contribution in [3.8, 4) is 0 Å². The standard InChI is InChI=1S/C11H11BrFN3/c1-11(2-3-11)16-9-5-7(13)6(12)4-8(9)15-10(16)14/h4-5H,2-3H2,1H3,(H2,14,15). The highest BCUT2D eigenvalue weighted by molar-refractivity contribution is 9.10. The average molecular weight is 284 g/mol. The third kappa shape index (κ3) is 1.27. The van der Waals surface area contributed by atoms with E-state index in [4.69, 9.17) is 5.73 Å². The van der Waals surface area contributed by atoms with Crippen LogP contribution in [0.5, 0.6) is 0 Å². The van der Waals surface area contributed by atoms with Crippen molar-refractivity contribution in [2.75, 3.05) is 5.73 Å². The average Bonchev–Trinajstić information content (AvgIpc) is 2.84. The van der Waals surface area contributed by atoms with Crippen molar-refractivity contribution in [2.45, 2.75) is 25.3 Å². The number of benzene rings is 1. The maximum absolute atomic E-state index is 13.5. The van der Waals surface area contributed by atoms with Crippen LogP contribution in [0.25, 0.3) is 11.0 Å². The van der Waals surface area contributed by atoms with Crippen LogP contribution >= 0.6 is 15.9 Å². The van der Waals surface area contributed by atoms with Gasteiger partial charge in [0.05, 0.1) is 15.5 Å². The molecule has 1 aliphatic rings. The van der Waals surface area contributed by atoms with Crippen LogP contribution in [0.2, 0.25) is 0 Å². The minimum Gasteiger partial charge on any atom is -0.369 e. The lowest BCUT2D eigenvalue weighted by molar-refractivity contribution is 0.554. The van der Waals surface area contributed by atoms with Gasteiger partial charge >= 0.3 is 0 Å². The van der Waals surface area contributed by atoms with Gasteiger partial charge in [-0.15, -0.1) is 0 Å². The summed E-state index contributed by atoms with van der Waals surface area (Å²) >= 11 is 3.15. The normalized spacial score (nSPS) is 17.9. The molecule has 0 atom stereocenters. The summed E-state index contributed by atoms with van der Waals surface area (Å²) in [7, 11) is 0. The molecule has 3 nitrogen and oxygen atoms in total. The van der Waals surface area contributed by atoms with Gasteiger partial charge in [-0.1, -0.05) is 0 Å². The lowest BCUT2D eigenvalue weighted by Crippen LogP contribution is -2.14. The smallest absolute Gasteiger partial charge is 0.201 e. The number of nitrogens with two attached hydrogens (primary N) is 1. The summed E-state index contributed by atoms with van der Waals surface area (Å²) < 4.78 is 15.9. The molecule has 16 heavy (non-hydrogen) atoms. The fraction of sp³-hybridized carbons (Fsp3) is 0.364. The summed E-state index contributed by atoms with van der Waals surface area (Å²) in [6.45, 7) is 2.12. The molecule has 1 aromatic carbocycles. The summed E-state index contributed by atoms with van der Waals surface area (Å²) in [5.41, 5.74) is 7.43. The van der Waals surface area contributed by atoms with E-state index in [0.717, 1.165) is 23.9 Å². The molecule has 3 rings (SSSR count). The van der Waals surface area contributed by atoms with Gasteiger partial charge in [0.15, 0.2) is 0 Å². The van der Waals surface area contributed by atoms with Gasteiger partial charge in [0, 0.05) is 11.6 Å². The highest BCUT2D eigenvalue weighted by Gasteiger charge is 2.41. The maximum Gasteiger partial charge on any atom is 0.201 e. The van der Waals surface area contributed by atoms with Crippen molar-refractivity contribution in [3.63, 3.8) is 0 Å². The van der Waals surface area contributed by atoms with E-state index in [1.54, 1.807) is 6.07 Å². The monoisotopic (exact) mass is 283 g/mol. The molecule has 0 spiro atoms. The van der Waals surface area contributed by atoms with Crippen molar-refractivity contribution < 1.29 is 4.39 Å². The minimum atomic E-state index is -0.280. The SMILES string of the molecule is CC1(n2c(N)nc3cc(Br)c(F)cc32)CC1. The Hall–Kier alpha value is -1.10. The molecule has 0 saturated heterocycles. The third-order valence-corrected chi connectivity index (χ3v) is 3.84. The van der Waals surface area contributed by atoms with Crippen LogP contribution < -0.4 is 5.73 Å². The molecule has 0 radical (unpaired) electrons. The Morgan fingerprint density at radius 2 is 2.19 bits per heavy atom. The molecule has 1 fully saturated rings. The lowest BCUT2D eigenvalue weighted by atomic mass is 10.2. The van der Waals surface area contributed by atoms with Crippen LogP contribution in [0, 0.1) is 5.82 Å². The maximum atomic E-state index is 13.5. The molecule has 0 bridgehead atoms. The summed E-state index contributed by atoms with van der Waals surface area (Å²) in [6.07, 6.45) is 2.14. The highest BCUT2D eigenvalue weighted by atomic mass is 79.9. The molecule has 0 unspecified atom stereocenters. The largest absolute Gasteiger partial charge is 0.369 e. The Morgan fingerprint density at radius 3 is 2.81 bits per heavy atom. The first-order valence-corrected chi connectivity index (χ1v) is 5.94. The summed E-state index contributed by atoms with van der Waals surface area (Å²) in [5, 5.41) is 0. The van der Waals surface area contributed by atoms with Crippen LogP contribution in [0.4, 0.5) is 10.3 Å². The van der Waals surface area contributed by atoms with Gasteiger partial charge in [0.1, 0.15) is 5.82 Å². The summed E-state index contributed by atoms with van der Waals surface area (Å²) in [5.74, 6) is 0.186. The number of hydrogen-bond donors (Lipinski definition) is 1. The van der Waals surface area contributed by atoms with Gasteiger partial charge < -0.3 is 10.3 Å². The van der Waals surface area contributed by atoms with Crippen molar-refractivity contribution in [1.82, 2.24) is 9.55 Å². The number of aromatic nitrogens is 2. The number of fused-ring (bicyclic) bond motifs is 1. The Balaban J connectivity index is 2.35. The predicted molar refractivity (Wildman–Crippen MR) is 64.7 cm³/mol. The molecular weight excluding hydrogens is 273 g/mol. The quantitative estimate of drug-likeness (QED) is 0.874. The number of imidazole rings is 1. The number of rotatable bonds is 1. The molecule has 5 heteroatoms. The van der Waals surface area contributed by atoms with Gasteiger partial charge in [-0.25, -0.2) is 9.37 Å². The topological polar surface area (TPSA) is 43.8 Å². The van der Waals surface area contributed by atoms with Crippen LogP contribution in [-0.2, 0) is 5.54 Å². The van der Waals surface area contributed by atoms with E-state index in [2.05, 4.69) is 27.8 Å². The van der Waals surface area contributed by atoms with Crippen molar-refractivity contribution >= 4 is 32.9 Å². The second-order valence-corrected chi connectivity index (χ2v) is 5.41. The Bertz CT molecular complexity index is 586. The van der Waals surface area contributed by atoms with E-state index in [1.807, 2.05) is 4.57 Å². The second kappa shape index (κ2) is 2.97. The minimum absolute atomic E-state index is 0.0269. The fourth-order valence-corrected chi connectivity index (χ4v) is 2.39. The molecular formula is C11H11BrFN3. The first-order valence-electron chi connectivity index (χ1n) is 5.15. The number of anilines is 1. The third-order valence-electron chi connectivity index (χ3n) is 3.24. The summed E-state index contributed by atoms with van der Waals surface area (Å²) in [6, 6.07) is 3.16. The molecule has 1 heterocycles. The Labute approximate surface area is 101 Å². The van der Waals surface area contributed by atoms with E-state index in [0.29, 0.717) is 10.4 Å². The zero-order valence-corrected chi connectivity index (χ0v) is 10.4. The van der Waals surface area contributed by atoms with Gasteiger partial charge in [-0.3, -0.25) is 0 Å². The van der Waals surface area contributed by atoms with Crippen molar-refractivity contribution in [1.29, 1.82) is 0 Å². The predicted octanol–water partition coefficient (Wildman–Crippen LogP) is 3.03. The zero-order valence-electron chi connectivity index (χ0n) is 8.80. The zero-order chi connectivity index (χ0) is 11.5. The number of hydrogen-bond acceptors (Lipinski definition) is 2. The molecule has 0 aliphatic heterocycles. The van der Waals surface area contributed by atoms with Crippen LogP contribution in [0.1, 0.15) is 19.8 Å². The van der Waals surface area contributed by atoms with Gasteiger partial charge in [-0.05, 0) is 41.8 Å². The second-order valence-electron chi connectivity index (χ2n) is 4.56.